The molecule has 0 spiro atoms. The number of nitrogens with zero attached hydrogens (tertiary/aromatic N) is 1. The molecule has 0 radical (unpaired) electrons. The van der Waals surface area contributed by atoms with Crippen LogP contribution in [0.15, 0.2) is 23.1 Å². The highest BCUT2D eigenvalue weighted by Crippen LogP contribution is 2.15. The predicted octanol–water partition coefficient (Wildman–Crippen LogP) is 2.72. The Bertz CT molecular complexity index is 574. The topological polar surface area (TPSA) is 70.0 Å². The van der Waals surface area contributed by atoms with Gasteiger partial charge in [-0.25, -0.2) is 13.1 Å². The number of benzene rings is 1. The van der Waals surface area contributed by atoms with E-state index in [-0.39, 0.29) is 10.9 Å². The molecular formula is C14H20N2O2S. The molecule has 5 heteroatoms. The van der Waals surface area contributed by atoms with Crippen LogP contribution in [0.4, 0.5) is 0 Å². The molecule has 104 valence electrons. The molecule has 1 aromatic rings. The molecule has 0 aliphatic heterocycles. The second-order valence-corrected chi connectivity index (χ2v) is 6.47. The van der Waals surface area contributed by atoms with Gasteiger partial charge in [0.15, 0.2) is 0 Å². The highest BCUT2D eigenvalue weighted by Gasteiger charge is 2.17. The molecule has 0 bridgehead atoms. The molecule has 0 aromatic heterocycles. The zero-order chi connectivity index (χ0) is 14.5. The predicted molar refractivity (Wildman–Crippen MR) is 75.2 cm³/mol. The summed E-state index contributed by atoms with van der Waals surface area (Å²) in [5.41, 5.74) is 1.17. The van der Waals surface area contributed by atoms with Crippen LogP contribution in [0.2, 0.25) is 0 Å². The number of hydrogen-bond donors (Lipinski definition) is 1. The minimum atomic E-state index is -3.50. The lowest BCUT2D eigenvalue weighted by Gasteiger charge is -2.14. The summed E-state index contributed by atoms with van der Waals surface area (Å²) in [6.07, 6.45) is 2.86. The van der Waals surface area contributed by atoms with Gasteiger partial charge in [0, 0.05) is 6.04 Å². The van der Waals surface area contributed by atoms with Crippen LogP contribution in [0.25, 0.3) is 0 Å². The van der Waals surface area contributed by atoms with Gasteiger partial charge in [0.25, 0.3) is 0 Å². The monoisotopic (exact) mass is 280 g/mol. The molecule has 0 heterocycles. The van der Waals surface area contributed by atoms with Crippen LogP contribution in [-0.2, 0) is 10.0 Å². The van der Waals surface area contributed by atoms with Gasteiger partial charge in [-0.1, -0.05) is 19.8 Å². The molecule has 0 aliphatic rings. The number of aryl methyl sites for hydroxylation is 1. The van der Waals surface area contributed by atoms with E-state index >= 15 is 0 Å². The summed E-state index contributed by atoms with van der Waals surface area (Å²) in [4.78, 5) is 0.215. The Labute approximate surface area is 115 Å². The van der Waals surface area contributed by atoms with Crippen molar-refractivity contribution in [1.29, 1.82) is 5.26 Å². The number of hydrogen-bond acceptors (Lipinski definition) is 3. The van der Waals surface area contributed by atoms with Gasteiger partial charge in [0.1, 0.15) is 0 Å². The van der Waals surface area contributed by atoms with E-state index in [1.807, 2.05) is 13.0 Å². The summed E-state index contributed by atoms with van der Waals surface area (Å²) >= 11 is 0. The maximum absolute atomic E-state index is 12.2. The second-order valence-electron chi connectivity index (χ2n) is 4.75. The molecule has 1 N–H and O–H groups in total. The van der Waals surface area contributed by atoms with E-state index in [4.69, 9.17) is 5.26 Å². The van der Waals surface area contributed by atoms with E-state index in [0.717, 1.165) is 19.3 Å². The molecule has 1 aromatic carbocycles. The zero-order valence-corrected chi connectivity index (χ0v) is 12.4. The number of nitrogens with one attached hydrogen (secondary N) is 1. The van der Waals surface area contributed by atoms with E-state index in [0.29, 0.717) is 11.1 Å². The standard InChI is InChI=1S/C14H20N2O2S/c1-4-5-6-12(3)16-19(17,18)14-8-7-13(10-15)11(2)9-14/h7-9,12,16H,4-6H2,1-3H3. The van der Waals surface area contributed by atoms with Gasteiger partial charge >= 0.3 is 0 Å². The smallest absolute Gasteiger partial charge is 0.208 e. The first kappa shape index (κ1) is 15.7. The Morgan fingerprint density at radius 1 is 1.42 bits per heavy atom. The summed E-state index contributed by atoms with van der Waals surface area (Å²) in [5, 5.41) is 8.84. The zero-order valence-electron chi connectivity index (χ0n) is 11.6. The van der Waals surface area contributed by atoms with Gasteiger partial charge < -0.3 is 0 Å². The third-order valence-corrected chi connectivity index (χ3v) is 4.56. The van der Waals surface area contributed by atoms with E-state index in [1.165, 1.54) is 12.1 Å². The Morgan fingerprint density at radius 2 is 2.11 bits per heavy atom. The molecule has 1 rings (SSSR count). The first-order valence-electron chi connectivity index (χ1n) is 6.43. The molecule has 0 aliphatic carbocycles. The normalized spacial score (nSPS) is 12.9. The fourth-order valence-corrected chi connectivity index (χ4v) is 3.19. The lowest BCUT2D eigenvalue weighted by molar-refractivity contribution is 0.534. The second kappa shape index (κ2) is 6.69. The Morgan fingerprint density at radius 3 is 2.63 bits per heavy atom. The van der Waals surface area contributed by atoms with Crippen molar-refractivity contribution >= 4 is 10.0 Å². The summed E-state index contributed by atoms with van der Waals surface area (Å²) in [6.45, 7) is 5.67. The average Bonchev–Trinajstić information content (AvgIpc) is 2.35. The molecule has 4 nitrogen and oxygen atoms in total. The van der Waals surface area contributed by atoms with E-state index in [1.54, 1.807) is 13.0 Å². The summed E-state index contributed by atoms with van der Waals surface area (Å²) < 4.78 is 27.0. The van der Waals surface area contributed by atoms with Gasteiger partial charge in [-0.3, -0.25) is 0 Å². The molecule has 0 saturated carbocycles. The lowest BCUT2D eigenvalue weighted by atomic mass is 10.1. The van der Waals surface area contributed by atoms with Crippen molar-refractivity contribution in [3.63, 3.8) is 0 Å². The Kier molecular flexibility index (Phi) is 5.52. The van der Waals surface area contributed by atoms with Crippen LogP contribution in [0, 0.1) is 18.3 Å². The number of rotatable bonds is 6. The van der Waals surface area contributed by atoms with E-state index < -0.39 is 10.0 Å². The minimum Gasteiger partial charge on any atom is -0.208 e. The number of nitriles is 1. The average molecular weight is 280 g/mol. The van der Waals surface area contributed by atoms with Crippen LogP contribution >= 0.6 is 0 Å². The fourth-order valence-electron chi connectivity index (χ4n) is 1.83. The third kappa shape index (κ3) is 4.34. The van der Waals surface area contributed by atoms with Crippen LogP contribution in [0.5, 0.6) is 0 Å². The van der Waals surface area contributed by atoms with Crippen LogP contribution in [0.3, 0.4) is 0 Å². The van der Waals surface area contributed by atoms with Crippen molar-refractivity contribution in [2.24, 2.45) is 0 Å². The van der Waals surface area contributed by atoms with Crippen molar-refractivity contribution in [2.45, 2.75) is 51.0 Å². The van der Waals surface area contributed by atoms with Gasteiger partial charge in [-0.05, 0) is 44.0 Å². The van der Waals surface area contributed by atoms with Gasteiger partial charge in [-0.15, -0.1) is 0 Å². The summed E-state index contributed by atoms with van der Waals surface area (Å²) in [5.74, 6) is 0. The maximum atomic E-state index is 12.2. The first-order valence-corrected chi connectivity index (χ1v) is 7.92. The van der Waals surface area contributed by atoms with Crippen molar-refractivity contribution in [3.05, 3.63) is 29.3 Å². The number of sulfonamides is 1. The Balaban J connectivity index is 2.89. The lowest BCUT2D eigenvalue weighted by Crippen LogP contribution is -2.32. The van der Waals surface area contributed by atoms with Gasteiger partial charge in [-0.2, -0.15) is 5.26 Å². The van der Waals surface area contributed by atoms with E-state index in [2.05, 4.69) is 11.6 Å². The molecule has 0 amide bonds. The molecule has 0 saturated heterocycles. The molecule has 19 heavy (non-hydrogen) atoms. The third-order valence-electron chi connectivity index (χ3n) is 2.98. The summed E-state index contributed by atoms with van der Waals surface area (Å²) in [6, 6.07) is 6.49. The van der Waals surface area contributed by atoms with Crippen LogP contribution < -0.4 is 4.72 Å². The van der Waals surface area contributed by atoms with Gasteiger partial charge in [0.05, 0.1) is 16.5 Å². The van der Waals surface area contributed by atoms with Crippen molar-refractivity contribution in [2.75, 3.05) is 0 Å². The van der Waals surface area contributed by atoms with Crippen molar-refractivity contribution in [1.82, 2.24) is 4.72 Å². The Hall–Kier alpha value is -1.38. The quantitative estimate of drug-likeness (QED) is 0.871. The van der Waals surface area contributed by atoms with Gasteiger partial charge in [0.2, 0.25) is 10.0 Å². The highest BCUT2D eigenvalue weighted by atomic mass is 32.2. The van der Waals surface area contributed by atoms with Crippen LogP contribution in [0.1, 0.15) is 44.2 Å². The largest absolute Gasteiger partial charge is 0.240 e. The number of unbranched alkanes of at least 4 members (excludes halogenated alkanes) is 1. The van der Waals surface area contributed by atoms with Crippen molar-refractivity contribution < 1.29 is 8.42 Å². The maximum Gasteiger partial charge on any atom is 0.240 e. The minimum absolute atomic E-state index is 0.0825. The summed E-state index contributed by atoms with van der Waals surface area (Å²) in [7, 11) is -3.50. The first-order chi connectivity index (χ1) is 8.90. The van der Waals surface area contributed by atoms with Crippen molar-refractivity contribution in [3.8, 4) is 6.07 Å². The SMILES string of the molecule is CCCCC(C)NS(=O)(=O)c1ccc(C#N)c(C)c1. The molecule has 1 atom stereocenters. The van der Waals surface area contributed by atoms with E-state index in [9.17, 15) is 8.42 Å². The molecular weight excluding hydrogens is 260 g/mol. The highest BCUT2D eigenvalue weighted by molar-refractivity contribution is 7.89. The van der Waals surface area contributed by atoms with Crippen LogP contribution in [-0.4, -0.2) is 14.5 Å². The molecule has 0 fully saturated rings. The molecule has 1 unspecified atom stereocenters. The fraction of sp³-hybridized carbons (Fsp3) is 0.500.